The van der Waals surface area contributed by atoms with Gasteiger partial charge in [-0.2, -0.15) is 0 Å². The lowest BCUT2D eigenvalue weighted by Crippen LogP contribution is -2.49. The third-order valence-corrected chi connectivity index (χ3v) is 2.83. The largest absolute Gasteiger partial charge is 0.296 e. The van der Waals surface area contributed by atoms with E-state index in [-0.39, 0.29) is 0 Å². The summed E-state index contributed by atoms with van der Waals surface area (Å²) in [6, 6.07) is 0.650. The molecule has 0 bridgehead atoms. The molecule has 0 amide bonds. The van der Waals surface area contributed by atoms with Crippen LogP contribution in [-0.4, -0.2) is 23.0 Å². The van der Waals surface area contributed by atoms with Gasteiger partial charge < -0.3 is 0 Å². The molecule has 0 saturated heterocycles. The standard InChI is InChI=1S/C12H27N/c1-8-12(6,7)13(11(4)5)9-10(2)3/h10-11H,8-9H2,1-7H3. The number of hydrogen-bond acceptors (Lipinski definition) is 1. The van der Waals surface area contributed by atoms with Gasteiger partial charge >= 0.3 is 0 Å². The molecule has 1 nitrogen and oxygen atoms in total. The lowest BCUT2D eigenvalue weighted by molar-refractivity contribution is 0.0676. The molecule has 0 aliphatic carbocycles. The van der Waals surface area contributed by atoms with E-state index in [1.165, 1.54) is 13.0 Å². The molecule has 0 aromatic carbocycles. The summed E-state index contributed by atoms with van der Waals surface area (Å²) in [5, 5.41) is 0. The van der Waals surface area contributed by atoms with Crippen LogP contribution in [0.1, 0.15) is 54.9 Å². The fourth-order valence-electron chi connectivity index (χ4n) is 1.75. The summed E-state index contributed by atoms with van der Waals surface area (Å²) in [7, 11) is 0. The van der Waals surface area contributed by atoms with Crippen molar-refractivity contribution in [3.8, 4) is 0 Å². The van der Waals surface area contributed by atoms with E-state index in [0.29, 0.717) is 11.6 Å². The summed E-state index contributed by atoms with van der Waals surface area (Å²) in [4.78, 5) is 2.61. The van der Waals surface area contributed by atoms with Crippen molar-refractivity contribution in [2.45, 2.75) is 66.5 Å². The van der Waals surface area contributed by atoms with Crippen LogP contribution in [0, 0.1) is 5.92 Å². The Morgan fingerprint density at radius 1 is 1.08 bits per heavy atom. The summed E-state index contributed by atoms with van der Waals surface area (Å²) in [6.07, 6.45) is 1.22. The van der Waals surface area contributed by atoms with Crippen molar-refractivity contribution >= 4 is 0 Å². The molecule has 0 heterocycles. The molecule has 0 unspecified atom stereocenters. The quantitative estimate of drug-likeness (QED) is 0.633. The van der Waals surface area contributed by atoms with Gasteiger partial charge in [-0.25, -0.2) is 0 Å². The third kappa shape index (κ3) is 4.12. The van der Waals surface area contributed by atoms with Crippen molar-refractivity contribution < 1.29 is 0 Å². The third-order valence-electron chi connectivity index (χ3n) is 2.83. The van der Waals surface area contributed by atoms with Crippen LogP contribution < -0.4 is 0 Å². The Kier molecular flexibility index (Phi) is 4.98. The lowest BCUT2D eigenvalue weighted by atomic mass is 9.96. The Morgan fingerprint density at radius 3 is 1.77 bits per heavy atom. The van der Waals surface area contributed by atoms with Crippen LogP contribution in [0.15, 0.2) is 0 Å². The van der Waals surface area contributed by atoms with Crippen LogP contribution in [0.5, 0.6) is 0 Å². The highest BCUT2D eigenvalue weighted by molar-refractivity contribution is 4.82. The Hall–Kier alpha value is -0.0400. The molecule has 0 fully saturated rings. The van der Waals surface area contributed by atoms with Gasteiger partial charge in [-0.15, -0.1) is 0 Å². The van der Waals surface area contributed by atoms with Crippen molar-refractivity contribution in [3.05, 3.63) is 0 Å². The average Bonchev–Trinajstić information content (AvgIpc) is 1.99. The first kappa shape index (κ1) is 13.0. The number of rotatable bonds is 5. The van der Waals surface area contributed by atoms with Gasteiger partial charge in [-0.05, 0) is 40.0 Å². The summed E-state index contributed by atoms with van der Waals surface area (Å²) in [5.41, 5.74) is 0.346. The first-order valence-corrected chi connectivity index (χ1v) is 5.58. The highest BCUT2D eigenvalue weighted by Gasteiger charge is 2.27. The van der Waals surface area contributed by atoms with Gasteiger partial charge in [0.2, 0.25) is 0 Å². The maximum absolute atomic E-state index is 2.61. The fraction of sp³-hybridized carbons (Fsp3) is 1.00. The van der Waals surface area contributed by atoms with E-state index in [1.807, 2.05) is 0 Å². The topological polar surface area (TPSA) is 3.24 Å². The Morgan fingerprint density at radius 2 is 1.54 bits per heavy atom. The summed E-state index contributed by atoms with van der Waals surface area (Å²) < 4.78 is 0. The van der Waals surface area contributed by atoms with Crippen molar-refractivity contribution in [2.75, 3.05) is 6.54 Å². The molecule has 1 heteroatoms. The van der Waals surface area contributed by atoms with E-state index in [4.69, 9.17) is 0 Å². The van der Waals surface area contributed by atoms with Crippen molar-refractivity contribution in [3.63, 3.8) is 0 Å². The molecule has 0 N–H and O–H groups in total. The smallest absolute Gasteiger partial charge is 0.0153 e. The molecule has 13 heavy (non-hydrogen) atoms. The Labute approximate surface area is 84.5 Å². The number of hydrogen-bond donors (Lipinski definition) is 0. The predicted octanol–water partition coefficient (Wildman–Crippen LogP) is 3.54. The zero-order valence-corrected chi connectivity index (χ0v) is 10.5. The minimum absolute atomic E-state index is 0.346. The van der Waals surface area contributed by atoms with E-state index >= 15 is 0 Å². The molecular weight excluding hydrogens is 158 g/mol. The van der Waals surface area contributed by atoms with E-state index in [0.717, 1.165) is 5.92 Å². The van der Waals surface area contributed by atoms with Gasteiger partial charge in [0.05, 0.1) is 0 Å². The summed E-state index contributed by atoms with van der Waals surface area (Å²) in [5.74, 6) is 0.758. The zero-order chi connectivity index (χ0) is 10.6. The molecule has 0 aromatic heterocycles. The van der Waals surface area contributed by atoms with Crippen LogP contribution in [0.3, 0.4) is 0 Å². The average molecular weight is 185 g/mol. The van der Waals surface area contributed by atoms with E-state index in [2.05, 4.69) is 53.4 Å². The van der Waals surface area contributed by atoms with Crippen molar-refractivity contribution in [1.82, 2.24) is 4.90 Å². The number of nitrogens with zero attached hydrogens (tertiary/aromatic N) is 1. The Bertz CT molecular complexity index is 136. The second-order valence-corrected chi connectivity index (χ2v) is 5.31. The molecule has 0 aliphatic rings. The van der Waals surface area contributed by atoms with Crippen LogP contribution in [0.25, 0.3) is 0 Å². The summed E-state index contributed by atoms with van der Waals surface area (Å²) >= 11 is 0. The fourth-order valence-corrected chi connectivity index (χ4v) is 1.75. The van der Waals surface area contributed by atoms with E-state index < -0.39 is 0 Å². The Balaban J connectivity index is 4.41. The molecule has 80 valence electrons. The lowest BCUT2D eigenvalue weighted by Gasteiger charge is -2.42. The van der Waals surface area contributed by atoms with Crippen LogP contribution in [0.4, 0.5) is 0 Å². The SMILES string of the molecule is CCC(C)(C)N(CC(C)C)C(C)C. The maximum Gasteiger partial charge on any atom is 0.0153 e. The molecular formula is C12H27N. The molecule has 0 atom stereocenters. The van der Waals surface area contributed by atoms with E-state index in [9.17, 15) is 0 Å². The molecule has 0 saturated carbocycles. The van der Waals surface area contributed by atoms with Crippen molar-refractivity contribution in [2.24, 2.45) is 5.92 Å². The molecule has 0 rings (SSSR count). The monoisotopic (exact) mass is 185 g/mol. The minimum Gasteiger partial charge on any atom is -0.296 e. The zero-order valence-electron chi connectivity index (χ0n) is 10.5. The van der Waals surface area contributed by atoms with Crippen molar-refractivity contribution in [1.29, 1.82) is 0 Å². The molecule has 0 radical (unpaired) electrons. The normalized spacial score (nSPS) is 13.4. The highest BCUT2D eigenvalue weighted by Crippen LogP contribution is 2.22. The van der Waals surface area contributed by atoms with Gasteiger partial charge in [-0.3, -0.25) is 4.90 Å². The second kappa shape index (κ2) is 4.99. The summed E-state index contributed by atoms with van der Waals surface area (Å²) in [6.45, 7) is 17.3. The molecule has 0 aromatic rings. The van der Waals surface area contributed by atoms with E-state index in [1.54, 1.807) is 0 Å². The predicted molar refractivity (Wildman–Crippen MR) is 61.1 cm³/mol. The van der Waals surface area contributed by atoms with Gasteiger partial charge in [-0.1, -0.05) is 20.8 Å². The van der Waals surface area contributed by atoms with Crippen LogP contribution in [0.2, 0.25) is 0 Å². The van der Waals surface area contributed by atoms with Gasteiger partial charge in [0.1, 0.15) is 0 Å². The van der Waals surface area contributed by atoms with Gasteiger partial charge in [0.15, 0.2) is 0 Å². The molecule has 0 spiro atoms. The first-order valence-electron chi connectivity index (χ1n) is 5.58. The second-order valence-electron chi connectivity index (χ2n) is 5.31. The molecule has 0 aliphatic heterocycles. The maximum atomic E-state index is 2.61. The van der Waals surface area contributed by atoms with Crippen LogP contribution in [-0.2, 0) is 0 Å². The highest BCUT2D eigenvalue weighted by atomic mass is 15.2. The van der Waals surface area contributed by atoms with Gasteiger partial charge in [0.25, 0.3) is 0 Å². The first-order chi connectivity index (χ1) is 5.81. The van der Waals surface area contributed by atoms with Crippen LogP contribution >= 0.6 is 0 Å². The minimum atomic E-state index is 0.346. The van der Waals surface area contributed by atoms with Gasteiger partial charge in [0, 0.05) is 18.1 Å².